The minimum Gasteiger partial charge on any atom is -0.376 e. The van der Waals surface area contributed by atoms with E-state index in [-0.39, 0.29) is 29.9 Å². The van der Waals surface area contributed by atoms with Gasteiger partial charge in [0.2, 0.25) is 0 Å². The molecular weight excluding hydrogens is 503 g/mol. The van der Waals surface area contributed by atoms with E-state index in [4.69, 9.17) is 4.74 Å². The van der Waals surface area contributed by atoms with E-state index in [9.17, 15) is 4.79 Å². The van der Waals surface area contributed by atoms with Gasteiger partial charge in [-0.25, -0.2) is 4.99 Å². The van der Waals surface area contributed by atoms with Gasteiger partial charge in [-0.2, -0.15) is 0 Å². The van der Waals surface area contributed by atoms with E-state index in [1.807, 2.05) is 49.4 Å². The third-order valence-electron chi connectivity index (χ3n) is 4.50. The van der Waals surface area contributed by atoms with Crippen molar-refractivity contribution in [2.45, 2.75) is 27.0 Å². The first-order valence-electron chi connectivity index (χ1n) is 10.4. The molecule has 2 aromatic rings. The molecule has 2 N–H and O–H groups in total. The highest BCUT2D eigenvalue weighted by Crippen LogP contribution is 2.08. The van der Waals surface area contributed by atoms with Crippen molar-refractivity contribution in [2.75, 3.05) is 33.8 Å². The van der Waals surface area contributed by atoms with Crippen LogP contribution in [0, 0.1) is 5.92 Å². The van der Waals surface area contributed by atoms with Crippen molar-refractivity contribution in [1.29, 1.82) is 0 Å². The van der Waals surface area contributed by atoms with Gasteiger partial charge in [0, 0.05) is 32.7 Å². The molecule has 0 bridgehead atoms. The SMILES string of the molecule is CCNC(=NCc1ccc(C(=O)N(C)C)cc1)NCC(C)COCc1ccccc1.I. The van der Waals surface area contributed by atoms with Crippen molar-refractivity contribution in [3.8, 4) is 0 Å². The van der Waals surface area contributed by atoms with E-state index in [1.165, 1.54) is 5.56 Å². The van der Waals surface area contributed by atoms with Crippen molar-refractivity contribution in [2.24, 2.45) is 10.9 Å². The summed E-state index contributed by atoms with van der Waals surface area (Å²) in [6, 6.07) is 17.8. The van der Waals surface area contributed by atoms with E-state index < -0.39 is 0 Å². The van der Waals surface area contributed by atoms with Crippen LogP contribution in [0.15, 0.2) is 59.6 Å². The highest BCUT2D eigenvalue weighted by molar-refractivity contribution is 14.0. The number of benzene rings is 2. The Balaban J connectivity index is 0.00000480. The number of amides is 1. The first kappa shape index (κ1) is 26.9. The standard InChI is InChI=1S/C24H34N4O2.HI/c1-5-25-24(26-15-19(2)17-30-18-21-9-7-6-8-10-21)27-16-20-11-13-22(14-12-20)23(29)28(3)4;/h6-14,19H,5,15-18H2,1-4H3,(H2,25,26,27);1H. The Morgan fingerprint density at radius 3 is 2.32 bits per heavy atom. The predicted molar refractivity (Wildman–Crippen MR) is 138 cm³/mol. The number of ether oxygens (including phenoxy) is 1. The zero-order chi connectivity index (χ0) is 21.8. The maximum atomic E-state index is 12.0. The Hall–Kier alpha value is -2.13. The number of halogens is 1. The van der Waals surface area contributed by atoms with Crippen LogP contribution in [0.3, 0.4) is 0 Å². The molecule has 6 nitrogen and oxygen atoms in total. The Labute approximate surface area is 203 Å². The average molecular weight is 538 g/mol. The molecule has 1 unspecified atom stereocenters. The first-order chi connectivity index (χ1) is 14.5. The highest BCUT2D eigenvalue weighted by Gasteiger charge is 2.08. The molecule has 0 aliphatic carbocycles. The van der Waals surface area contributed by atoms with Gasteiger partial charge in [0.1, 0.15) is 0 Å². The lowest BCUT2D eigenvalue weighted by atomic mass is 10.1. The van der Waals surface area contributed by atoms with Crippen LogP contribution < -0.4 is 10.6 Å². The van der Waals surface area contributed by atoms with Crippen LogP contribution in [-0.2, 0) is 17.9 Å². The van der Waals surface area contributed by atoms with Crippen LogP contribution in [0.1, 0.15) is 35.3 Å². The second-order valence-corrected chi connectivity index (χ2v) is 7.58. The maximum Gasteiger partial charge on any atom is 0.253 e. The fourth-order valence-corrected chi connectivity index (χ4v) is 2.81. The molecule has 0 heterocycles. The van der Waals surface area contributed by atoms with Crippen molar-refractivity contribution in [3.05, 3.63) is 71.3 Å². The third-order valence-corrected chi connectivity index (χ3v) is 4.50. The number of hydrogen-bond acceptors (Lipinski definition) is 3. The number of carbonyl (C=O) groups is 1. The zero-order valence-corrected chi connectivity index (χ0v) is 21.3. The quantitative estimate of drug-likeness (QED) is 0.274. The molecule has 1 atom stereocenters. The van der Waals surface area contributed by atoms with Crippen LogP contribution in [0.5, 0.6) is 0 Å². The maximum absolute atomic E-state index is 12.0. The number of aliphatic imine (C=N–C) groups is 1. The van der Waals surface area contributed by atoms with E-state index in [2.05, 4.69) is 34.7 Å². The van der Waals surface area contributed by atoms with E-state index >= 15 is 0 Å². The molecule has 1 amide bonds. The zero-order valence-electron chi connectivity index (χ0n) is 18.9. The average Bonchev–Trinajstić information content (AvgIpc) is 2.76. The molecule has 2 aromatic carbocycles. The number of nitrogens with one attached hydrogen (secondary N) is 2. The lowest BCUT2D eigenvalue weighted by molar-refractivity contribution is 0.0827. The van der Waals surface area contributed by atoms with Crippen molar-refractivity contribution in [1.82, 2.24) is 15.5 Å². The molecule has 0 aliphatic heterocycles. The molecule has 0 fully saturated rings. The monoisotopic (exact) mass is 538 g/mol. The Kier molecular flexibility index (Phi) is 12.8. The summed E-state index contributed by atoms with van der Waals surface area (Å²) in [5.74, 6) is 1.14. The van der Waals surface area contributed by atoms with Crippen LogP contribution in [-0.4, -0.2) is 50.6 Å². The summed E-state index contributed by atoms with van der Waals surface area (Å²) in [7, 11) is 3.51. The van der Waals surface area contributed by atoms with Gasteiger partial charge in [0.15, 0.2) is 5.96 Å². The lowest BCUT2D eigenvalue weighted by Gasteiger charge is -2.16. The van der Waals surface area contributed by atoms with Crippen LogP contribution in [0.25, 0.3) is 0 Å². The number of hydrogen-bond donors (Lipinski definition) is 2. The van der Waals surface area contributed by atoms with Gasteiger partial charge in [0.25, 0.3) is 5.91 Å². The topological polar surface area (TPSA) is 66.0 Å². The second-order valence-electron chi connectivity index (χ2n) is 7.58. The van der Waals surface area contributed by atoms with Crippen LogP contribution in [0.4, 0.5) is 0 Å². The normalized spacial score (nSPS) is 11.9. The van der Waals surface area contributed by atoms with Gasteiger partial charge in [0.05, 0.1) is 19.8 Å². The molecular formula is C24H35IN4O2. The number of rotatable bonds is 10. The number of carbonyl (C=O) groups excluding carboxylic acids is 1. The summed E-state index contributed by atoms with van der Waals surface area (Å²) in [6.07, 6.45) is 0. The van der Waals surface area contributed by atoms with Crippen molar-refractivity contribution in [3.63, 3.8) is 0 Å². The van der Waals surface area contributed by atoms with Gasteiger partial charge < -0.3 is 20.3 Å². The summed E-state index contributed by atoms with van der Waals surface area (Å²) in [5, 5.41) is 6.65. The number of nitrogens with zero attached hydrogens (tertiary/aromatic N) is 2. The molecule has 170 valence electrons. The summed E-state index contributed by atoms with van der Waals surface area (Å²) >= 11 is 0. The summed E-state index contributed by atoms with van der Waals surface area (Å²) < 4.78 is 5.82. The van der Waals surface area contributed by atoms with E-state index in [0.29, 0.717) is 31.2 Å². The summed E-state index contributed by atoms with van der Waals surface area (Å²) in [4.78, 5) is 18.2. The Morgan fingerprint density at radius 1 is 1.03 bits per heavy atom. The van der Waals surface area contributed by atoms with E-state index in [1.54, 1.807) is 19.0 Å². The minimum atomic E-state index is 0. The molecule has 0 aliphatic rings. The predicted octanol–water partition coefficient (Wildman–Crippen LogP) is 3.91. The van der Waals surface area contributed by atoms with Gasteiger partial charge >= 0.3 is 0 Å². The number of guanidine groups is 1. The highest BCUT2D eigenvalue weighted by atomic mass is 127. The summed E-state index contributed by atoms with van der Waals surface area (Å²) in [5.41, 5.74) is 2.93. The van der Waals surface area contributed by atoms with Crippen LogP contribution >= 0.6 is 24.0 Å². The molecule has 31 heavy (non-hydrogen) atoms. The molecule has 2 rings (SSSR count). The molecule has 0 saturated carbocycles. The fourth-order valence-electron chi connectivity index (χ4n) is 2.81. The largest absolute Gasteiger partial charge is 0.376 e. The molecule has 0 aromatic heterocycles. The Morgan fingerprint density at radius 2 is 1.71 bits per heavy atom. The molecule has 7 heteroatoms. The van der Waals surface area contributed by atoms with Crippen molar-refractivity contribution < 1.29 is 9.53 Å². The van der Waals surface area contributed by atoms with Gasteiger partial charge in [-0.15, -0.1) is 24.0 Å². The van der Waals surface area contributed by atoms with E-state index in [0.717, 1.165) is 24.6 Å². The van der Waals surface area contributed by atoms with Gasteiger partial charge in [-0.05, 0) is 36.1 Å². The van der Waals surface area contributed by atoms with Gasteiger partial charge in [-0.1, -0.05) is 49.4 Å². The fraction of sp³-hybridized carbons (Fsp3) is 0.417. The van der Waals surface area contributed by atoms with Crippen molar-refractivity contribution >= 4 is 35.8 Å². The first-order valence-corrected chi connectivity index (χ1v) is 10.4. The van der Waals surface area contributed by atoms with Gasteiger partial charge in [-0.3, -0.25) is 4.79 Å². The smallest absolute Gasteiger partial charge is 0.253 e. The Bertz CT molecular complexity index is 795. The van der Waals surface area contributed by atoms with Crippen LogP contribution in [0.2, 0.25) is 0 Å². The lowest BCUT2D eigenvalue weighted by Crippen LogP contribution is -2.40. The minimum absolute atomic E-state index is 0. The molecule has 0 spiro atoms. The molecule has 0 saturated heterocycles. The second kappa shape index (κ2) is 14.8. The third kappa shape index (κ3) is 10.1. The molecule has 0 radical (unpaired) electrons. The summed E-state index contributed by atoms with van der Waals surface area (Å²) in [6.45, 7) is 7.63.